The molecule has 1 aromatic heterocycles. The largest absolute Gasteiger partial charge is 0.507 e. The van der Waals surface area contributed by atoms with Crippen molar-refractivity contribution >= 4 is 40.5 Å². The number of phenolic OH excluding ortho intramolecular Hbond substituents is 1. The number of hydrogen-bond acceptors (Lipinski definition) is 10. The second kappa shape index (κ2) is 19.5. The highest BCUT2D eigenvalue weighted by Gasteiger charge is 2.39. The number of hydrogen-bond donors (Lipinski definition) is 6. The van der Waals surface area contributed by atoms with Gasteiger partial charge >= 0.3 is 0 Å². The van der Waals surface area contributed by atoms with Crippen LogP contribution in [0.5, 0.6) is 5.75 Å². The van der Waals surface area contributed by atoms with Gasteiger partial charge in [0.1, 0.15) is 23.3 Å². The quantitative estimate of drug-likeness (QED) is 0.0506. The molecule has 0 bridgehead atoms. The molecule has 4 fully saturated rings. The number of ether oxygens (including phenoxy) is 1. The van der Waals surface area contributed by atoms with Crippen LogP contribution in [0.2, 0.25) is 0 Å². The van der Waals surface area contributed by atoms with Crippen molar-refractivity contribution in [1.82, 2.24) is 24.6 Å². The fraction of sp³-hybridized carbons (Fsp3) is 0.449. The van der Waals surface area contributed by atoms with E-state index in [1.165, 1.54) is 0 Å². The minimum absolute atomic E-state index is 0.0420. The van der Waals surface area contributed by atoms with Gasteiger partial charge in [-0.1, -0.05) is 24.3 Å². The summed E-state index contributed by atoms with van der Waals surface area (Å²) in [4.78, 5) is 42.8. The van der Waals surface area contributed by atoms with E-state index in [0.29, 0.717) is 73.8 Å². The maximum Gasteiger partial charge on any atom is 0.253 e. The van der Waals surface area contributed by atoms with Crippen molar-refractivity contribution in [3.63, 3.8) is 0 Å². The molecule has 65 heavy (non-hydrogen) atoms. The van der Waals surface area contributed by atoms with Gasteiger partial charge in [-0.05, 0) is 111 Å². The number of halogens is 2. The Balaban J connectivity index is 0.852. The molecule has 1 aliphatic carbocycles. The zero-order chi connectivity index (χ0) is 45.8. The highest BCUT2D eigenvalue weighted by molar-refractivity contribution is 5.96. The van der Waals surface area contributed by atoms with E-state index >= 15 is 8.78 Å². The number of anilines is 1. The third-order valence-electron chi connectivity index (χ3n) is 13.8. The van der Waals surface area contributed by atoms with Crippen LogP contribution >= 0.6 is 0 Å². The summed E-state index contributed by atoms with van der Waals surface area (Å²) in [6.45, 7) is 5.88. The minimum Gasteiger partial charge on any atom is -0.507 e. The van der Waals surface area contributed by atoms with E-state index in [0.717, 1.165) is 67.3 Å². The van der Waals surface area contributed by atoms with Gasteiger partial charge in [0.2, 0.25) is 12.3 Å². The first kappa shape index (κ1) is 45.4. The number of aryl methyl sites for hydroxylation is 1. The van der Waals surface area contributed by atoms with Crippen molar-refractivity contribution in [3.05, 3.63) is 112 Å². The Morgan fingerprint density at radius 3 is 2.38 bits per heavy atom. The van der Waals surface area contributed by atoms with Crippen LogP contribution in [0.1, 0.15) is 102 Å². The van der Waals surface area contributed by atoms with E-state index in [9.17, 15) is 19.5 Å². The summed E-state index contributed by atoms with van der Waals surface area (Å²) in [5, 5.41) is 16.3. The van der Waals surface area contributed by atoms with Gasteiger partial charge in [0, 0.05) is 93.0 Å². The standard InChI is InChI=1S/C49H61F2N9O5/c1-31-25-33(9-10-35(31)43-28-59(23-24-65-43)41(47(53)54)26-39(52)37-7-2-3-8-42(37)62)48(64)58-21-16-49(51,17-22-58)29-57-19-14-32(15-20-57)38-27-60(34-5-4-6-34)46-36(38)11-12-40(45(46)50)56-44(63)13-18-55-30-61/h2-3,7-12,25-27,30,32,34,43,62H,4-6,13-24,28-29,52-54H2,1H3,(H,55,61)(H,56,63)/b39-26-. The van der Waals surface area contributed by atoms with Gasteiger partial charge in [0.05, 0.1) is 23.5 Å². The van der Waals surface area contributed by atoms with Gasteiger partial charge in [-0.25, -0.2) is 8.78 Å². The normalized spacial score (nSPS) is 19.7. The van der Waals surface area contributed by atoms with Gasteiger partial charge in [0.25, 0.3) is 5.91 Å². The summed E-state index contributed by atoms with van der Waals surface area (Å²) >= 11 is 0. The molecule has 346 valence electrons. The fourth-order valence-corrected chi connectivity index (χ4v) is 9.95. The van der Waals surface area contributed by atoms with Crippen molar-refractivity contribution in [2.24, 2.45) is 17.2 Å². The van der Waals surface area contributed by atoms with Gasteiger partial charge in [-0.3, -0.25) is 14.4 Å². The smallest absolute Gasteiger partial charge is 0.253 e. The average molecular weight is 894 g/mol. The predicted octanol–water partition coefficient (Wildman–Crippen LogP) is 5.88. The number of carbonyl (C=O) groups excluding carboxylic acids is 3. The van der Waals surface area contributed by atoms with Crippen LogP contribution in [0, 0.1) is 12.7 Å². The summed E-state index contributed by atoms with van der Waals surface area (Å²) in [7, 11) is 0. The minimum atomic E-state index is -1.41. The highest BCUT2D eigenvalue weighted by Crippen LogP contribution is 2.43. The number of nitrogens with two attached hydrogens (primary N) is 3. The molecule has 3 amide bonds. The van der Waals surface area contributed by atoms with Crippen LogP contribution in [0.4, 0.5) is 14.5 Å². The Morgan fingerprint density at radius 1 is 0.954 bits per heavy atom. The summed E-state index contributed by atoms with van der Waals surface area (Å²) < 4.78 is 40.9. The maximum absolute atomic E-state index is 16.5. The molecule has 1 saturated carbocycles. The number of alkyl halides is 1. The number of nitrogens with one attached hydrogen (secondary N) is 2. The second-order valence-electron chi connectivity index (χ2n) is 18.1. The van der Waals surface area contributed by atoms with E-state index in [4.69, 9.17) is 21.9 Å². The molecule has 14 nitrogen and oxygen atoms in total. The van der Waals surface area contributed by atoms with Gasteiger partial charge < -0.3 is 56.9 Å². The molecule has 4 aliphatic rings. The molecule has 3 aromatic carbocycles. The Bertz CT molecular complexity index is 2460. The molecule has 3 aliphatic heterocycles. The molecule has 4 aromatic rings. The Labute approximate surface area is 378 Å². The summed E-state index contributed by atoms with van der Waals surface area (Å²) in [5.41, 5.74) is 22.7. The lowest BCUT2D eigenvalue weighted by Gasteiger charge is -2.41. The van der Waals surface area contributed by atoms with Crippen molar-refractivity contribution in [2.45, 2.75) is 82.0 Å². The number of nitrogens with zero attached hydrogens (tertiary/aromatic N) is 4. The van der Waals surface area contributed by atoms with Crippen LogP contribution in [0.3, 0.4) is 0 Å². The number of carbonyl (C=O) groups is 3. The first-order chi connectivity index (χ1) is 31.3. The van der Waals surface area contributed by atoms with Crippen LogP contribution in [0.15, 0.2) is 78.4 Å². The van der Waals surface area contributed by atoms with Crippen molar-refractivity contribution in [2.75, 3.05) is 64.3 Å². The SMILES string of the molecule is Cc1cc(C(=O)N2CCC(F)(CN3CCC(c4cn(C5CCC5)c5c(F)c(NC(=O)CCNC=O)ccc45)CC3)CC2)ccc1C1CN(C(/C=C(\N)c2ccccc2O)=C(N)N)CCO1. The first-order valence-corrected chi connectivity index (χ1v) is 22.8. The molecule has 8 rings (SSSR count). The zero-order valence-corrected chi connectivity index (χ0v) is 37.0. The number of amides is 3. The molecule has 0 radical (unpaired) electrons. The van der Waals surface area contributed by atoms with Crippen LogP contribution in [-0.2, 0) is 14.3 Å². The third-order valence-corrected chi connectivity index (χ3v) is 13.8. The number of aromatic nitrogens is 1. The molecule has 4 heterocycles. The van der Waals surface area contributed by atoms with Crippen molar-refractivity contribution in [3.8, 4) is 5.75 Å². The monoisotopic (exact) mass is 893 g/mol. The summed E-state index contributed by atoms with van der Waals surface area (Å²) in [6, 6.07) is 16.1. The molecule has 9 N–H and O–H groups in total. The Hall–Kier alpha value is -6.13. The van der Waals surface area contributed by atoms with E-state index < -0.39 is 11.5 Å². The molecular weight excluding hydrogens is 833 g/mol. The topological polar surface area (TPSA) is 197 Å². The predicted molar refractivity (Wildman–Crippen MR) is 247 cm³/mol. The molecule has 16 heteroatoms. The number of aromatic hydroxyl groups is 1. The summed E-state index contributed by atoms with van der Waals surface area (Å²) in [6.07, 6.45) is 9.20. The molecule has 3 saturated heterocycles. The zero-order valence-electron chi connectivity index (χ0n) is 37.0. The van der Waals surface area contributed by atoms with Crippen LogP contribution in [0.25, 0.3) is 16.6 Å². The van der Waals surface area contributed by atoms with Gasteiger partial charge in [-0.15, -0.1) is 0 Å². The van der Waals surface area contributed by atoms with E-state index in [-0.39, 0.29) is 72.9 Å². The number of benzene rings is 3. The fourth-order valence-electron chi connectivity index (χ4n) is 9.95. The molecular formula is C49H61F2N9O5. The van der Waals surface area contributed by atoms with E-state index in [1.807, 2.05) is 36.1 Å². The van der Waals surface area contributed by atoms with Crippen LogP contribution in [-0.4, -0.2) is 107 Å². The van der Waals surface area contributed by atoms with Crippen LogP contribution < -0.4 is 27.8 Å². The molecule has 1 unspecified atom stereocenters. The van der Waals surface area contributed by atoms with E-state index in [1.54, 1.807) is 41.3 Å². The number of allylic oxidation sites excluding steroid dienone is 1. The second-order valence-corrected chi connectivity index (χ2v) is 18.1. The van der Waals surface area contributed by atoms with E-state index in [2.05, 4.69) is 26.3 Å². The highest BCUT2D eigenvalue weighted by atomic mass is 19.1. The Morgan fingerprint density at radius 2 is 1.71 bits per heavy atom. The Kier molecular flexibility index (Phi) is 13.7. The van der Waals surface area contributed by atoms with Crippen molar-refractivity contribution < 1.29 is 33.0 Å². The number of morpholine rings is 1. The maximum atomic E-state index is 16.5. The molecule has 0 spiro atoms. The first-order valence-electron chi connectivity index (χ1n) is 22.8. The lowest BCUT2D eigenvalue weighted by atomic mass is 9.87. The average Bonchev–Trinajstić information content (AvgIpc) is 3.65. The number of fused-ring (bicyclic) bond motifs is 1. The number of phenols is 1. The van der Waals surface area contributed by atoms with Gasteiger partial charge in [0.15, 0.2) is 5.82 Å². The third kappa shape index (κ3) is 9.93. The lowest BCUT2D eigenvalue weighted by molar-refractivity contribution is -0.116. The number of piperidine rings is 2. The number of rotatable bonds is 14. The number of likely N-dealkylation sites (tertiary alicyclic amines) is 2. The lowest BCUT2D eigenvalue weighted by Crippen LogP contribution is -2.51. The summed E-state index contributed by atoms with van der Waals surface area (Å²) in [5.74, 6) is -0.617. The van der Waals surface area contributed by atoms with Crippen molar-refractivity contribution in [1.29, 1.82) is 0 Å². The number of para-hydroxylation sites is 1. The molecule has 1 atom stereocenters. The van der Waals surface area contributed by atoms with Gasteiger partial charge in [-0.2, -0.15) is 0 Å².